The Kier molecular flexibility index (Phi) is 7.21. The van der Waals surface area contributed by atoms with E-state index in [9.17, 15) is 4.79 Å². The van der Waals surface area contributed by atoms with Gasteiger partial charge in [0.15, 0.2) is 5.69 Å². The van der Waals surface area contributed by atoms with Gasteiger partial charge in [0.25, 0.3) is 0 Å². The van der Waals surface area contributed by atoms with Gasteiger partial charge in [0.1, 0.15) is 0 Å². The van der Waals surface area contributed by atoms with Crippen molar-refractivity contribution in [3.63, 3.8) is 0 Å². The lowest BCUT2D eigenvalue weighted by atomic mass is 9.68. The van der Waals surface area contributed by atoms with E-state index < -0.39 is 0 Å². The smallest absolute Gasteiger partial charge is 0.356 e. The minimum Gasteiger partial charge on any atom is -0.464 e. The van der Waals surface area contributed by atoms with Crippen LogP contribution in [0.2, 0.25) is 5.02 Å². The number of benzene rings is 3. The number of likely N-dealkylation sites (tertiary alicyclic amines) is 1. The van der Waals surface area contributed by atoms with Crippen LogP contribution in [0, 0.1) is 0 Å². The summed E-state index contributed by atoms with van der Waals surface area (Å²) in [7, 11) is 1.42. The third kappa shape index (κ3) is 4.95. The first-order valence-electron chi connectivity index (χ1n) is 12.3. The molecule has 0 amide bonds. The molecule has 184 valence electrons. The predicted octanol–water partition coefficient (Wildman–Crippen LogP) is 5.95. The van der Waals surface area contributed by atoms with Crippen molar-refractivity contribution in [2.75, 3.05) is 20.2 Å². The lowest BCUT2D eigenvalue weighted by Crippen LogP contribution is -2.43. The number of rotatable bonds is 7. The number of methoxy groups -OCH3 is 1. The molecule has 0 unspecified atom stereocenters. The average molecular weight is 500 g/mol. The molecule has 0 spiro atoms. The summed E-state index contributed by atoms with van der Waals surface area (Å²) in [5, 5.41) is 0.686. The van der Waals surface area contributed by atoms with Crippen LogP contribution in [0.3, 0.4) is 0 Å². The van der Waals surface area contributed by atoms with Crippen molar-refractivity contribution < 1.29 is 9.53 Å². The minimum absolute atomic E-state index is 0.0157. The van der Waals surface area contributed by atoms with E-state index in [4.69, 9.17) is 16.3 Å². The highest BCUT2D eigenvalue weighted by Crippen LogP contribution is 2.41. The van der Waals surface area contributed by atoms with E-state index in [2.05, 4.69) is 70.5 Å². The van der Waals surface area contributed by atoms with Crippen molar-refractivity contribution >= 4 is 17.6 Å². The Hall–Kier alpha value is -3.41. The monoisotopic (exact) mass is 499 g/mol. The zero-order chi connectivity index (χ0) is 25.0. The molecule has 0 saturated carbocycles. The quantitative estimate of drug-likeness (QED) is 0.295. The van der Waals surface area contributed by atoms with Gasteiger partial charge in [-0.25, -0.2) is 9.78 Å². The molecule has 1 aromatic heterocycles. The number of carbonyl (C=O) groups excluding carboxylic acids is 1. The second-order valence-corrected chi connectivity index (χ2v) is 9.81. The lowest BCUT2D eigenvalue weighted by molar-refractivity contribution is 0.0585. The molecule has 5 nitrogen and oxygen atoms in total. The zero-order valence-corrected chi connectivity index (χ0v) is 21.2. The molecule has 6 heteroatoms. The van der Waals surface area contributed by atoms with Crippen molar-refractivity contribution in [3.05, 3.63) is 124 Å². The number of piperidine rings is 1. The van der Waals surface area contributed by atoms with E-state index in [0.29, 0.717) is 23.8 Å². The SMILES string of the molecule is COC(=O)c1c(CN2CCC(c3ccccc3)(c3ccccc3)CC2)ncn1Cc1ccc(Cl)cc1. The first kappa shape index (κ1) is 24.3. The molecule has 2 heterocycles. The van der Waals surface area contributed by atoms with Crippen LogP contribution < -0.4 is 0 Å². The summed E-state index contributed by atoms with van der Waals surface area (Å²) in [6.45, 7) is 2.96. The summed E-state index contributed by atoms with van der Waals surface area (Å²) in [5.74, 6) is -0.364. The molecule has 36 heavy (non-hydrogen) atoms. The molecule has 4 aromatic rings. The number of imidazole rings is 1. The molecule has 0 bridgehead atoms. The molecular formula is C30H30ClN3O2. The normalized spacial score (nSPS) is 15.5. The first-order chi connectivity index (χ1) is 17.6. The third-order valence-electron chi connectivity index (χ3n) is 7.29. The van der Waals surface area contributed by atoms with Crippen LogP contribution in [0.1, 0.15) is 45.7 Å². The topological polar surface area (TPSA) is 47.4 Å². The first-order valence-corrected chi connectivity index (χ1v) is 12.7. The fraction of sp³-hybridized carbons (Fsp3) is 0.267. The van der Waals surface area contributed by atoms with Crippen molar-refractivity contribution in [1.29, 1.82) is 0 Å². The number of hydrogen-bond acceptors (Lipinski definition) is 4. The minimum atomic E-state index is -0.364. The summed E-state index contributed by atoms with van der Waals surface area (Å²) >= 11 is 6.03. The number of halogens is 1. The maximum atomic E-state index is 12.8. The highest BCUT2D eigenvalue weighted by Gasteiger charge is 2.38. The van der Waals surface area contributed by atoms with Gasteiger partial charge in [-0.3, -0.25) is 4.90 Å². The molecular weight excluding hydrogens is 470 g/mol. The van der Waals surface area contributed by atoms with Crippen molar-refractivity contribution in [2.45, 2.75) is 31.3 Å². The van der Waals surface area contributed by atoms with Crippen molar-refractivity contribution in [2.24, 2.45) is 0 Å². The van der Waals surface area contributed by atoms with Gasteiger partial charge in [-0.05, 0) is 54.8 Å². The van der Waals surface area contributed by atoms with E-state index in [1.54, 1.807) is 6.33 Å². The highest BCUT2D eigenvalue weighted by atomic mass is 35.5. The maximum Gasteiger partial charge on any atom is 0.356 e. The van der Waals surface area contributed by atoms with E-state index in [-0.39, 0.29) is 11.4 Å². The molecule has 5 rings (SSSR count). The fourth-order valence-electron chi connectivity index (χ4n) is 5.34. The van der Waals surface area contributed by atoms with Gasteiger partial charge >= 0.3 is 5.97 Å². The summed E-state index contributed by atoms with van der Waals surface area (Å²) in [5.41, 5.74) is 5.01. The van der Waals surface area contributed by atoms with Crippen molar-refractivity contribution in [1.82, 2.24) is 14.5 Å². The number of hydrogen-bond donors (Lipinski definition) is 0. The Morgan fingerprint density at radius 2 is 1.47 bits per heavy atom. The van der Waals surface area contributed by atoms with Crippen LogP contribution in [0.15, 0.2) is 91.3 Å². The van der Waals surface area contributed by atoms with Gasteiger partial charge in [-0.1, -0.05) is 84.4 Å². The highest BCUT2D eigenvalue weighted by molar-refractivity contribution is 6.30. The largest absolute Gasteiger partial charge is 0.464 e. The molecule has 3 aromatic carbocycles. The van der Waals surface area contributed by atoms with Gasteiger partial charge in [-0.15, -0.1) is 0 Å². The number of carbonyl (C=O) groups is 1. The van der Waals surface area contributed by atoms with E-state index in [1.807, 2.05) is 28.8 Å². The number of ether oxygens (including phenoxy) is 1. The van der Waals surface area contributed by atoms with Crippen LogP contribution in [-0.2, 0) is 23.2 Å². The fourth-order valence-corrected chi connectivity index (χ4v) is 5.47. The number of esters is 1. The van der Waals surface area contributed by atoms with Gasteiger partial charge in [0, 0.05) is 23.5 Å². The van der Waals surface area contributed by atoms with Crippen LogP contribution in [0.4, 0.5) is 0 Å². The molecule has 1 aliphatic rings. The Balaban J connectivity index is 1.36. The van der Waals surface area contributed by atoms with Crippen LogP contribution in [0.5, 0.6) is 0 Å². The summed E-state index contributed by atoms with van der Waals surface area (Å²) < 4.78 is 7.00. The molecule has 0 aliphatic carbocycles. The Morgan fingerprint density at radius 3 is 2.03 bits per heavy atom. The van der Waals surface area contributed by atoms with Gasteiger partial charge < -0.3 is 9.30 Å². The van der Waals surface area contributed by atoms with E-state index >= 15 is 0 Å². The molecule has 0 N–H and O–H groups in total. The zero-order valence-electron chi connectivity index (χ0n) is 20.4. The van der Waals surface area contributed by atoms with Crippen LogP contribution in [0.25, 0.3) is 0 Å². The second-order valence-electron chi connectivity index (χ2n) is 9.38. The third-order valence-corrected chi connectivity index (χ3v) is 7.55. The molecule has 1 fully saturated rings. The second kappa shape index (κ2) is 10.7. The van der Waals surface area contributed by atoms with E-state index in [1.165, 1.54) is 18.2 Å². The molecule has 0 atom stereocenters. The van der Waals surface area contributed by atoms with Crippen molar-refractivity contribution in [3.8, 4) is 0 Å². The van der Waals surface area contributed by atoms with Crippen LogP contribution >= 0.6 is 11.6 Å². The lowest BCUT2D eigenvalue weighted by Gasteiger charge is -2.43. The number of aromatic nitrogens is 2. The Bertz CT molecular complexity index is 1250. The standard InChI is InChI=1S/C30H30ClN3O2/c1-36-29(35)28-27(32-22-34(28)20-23-12-14-26(31)15-13-23)21-33-18-16-30(17-19-33,24-8-4-2-5-9-24)25-10-6-3-7-11-25/h2-15,22H,16-21H2,1H3. The van der Waals surface area contributed by atoms with E-state index in [0.717, 1.165) is 37.2 Å². The number of nitrogens with zero attached hydrogens (tertiary/aromatic N) is 3. The summed E-state index contributed by atoms with van der Waals surface area (Å²) in [6.07, 6.45) is 3.73. The molecule has 1 aliphatic heterocycles. The maximum absolute atomic E-state index is 12.8. The Labute approximate surface area is 217 Å². The Morgan fingerprint density at radius 1 is 0.889 bits per heavy atom. The van der Waals surface area contributed by atoms with Gasteiger partial charge in [0.2, 0.25) is 0 Å². The summed E-state index contributed by atoms with van der Waals surface area (Å²) in [6, 6.07) is 29.3. The summed E-state index contributed by atoms with van der Waals surface area (Å²) in [4.78, 5) is 19.8. The van der Waals surface area contributed by atoms with Crippen LogP contribution in [-0.4, -0.2) is 40.6 Å². The average Bonchev–Trinajstić information content (AvgIpc) is 3.32. The molecule has 1 saturated heterocycles. The predicted molar refractivity (Wildman–Crippen MR) is 142 cm³/mol. The van der Waals surface area contributed by atoms with Gasteiger partial charge in [0.05, 0.1) is 19.1 Å². The van der Waals surface area contributed by atoms with Gasteiger partial charge in [-0.2, -0.15) is 0 Å². The molecule has 0 radical (unpaired) electrons.